The maximum Gasteiger partial charge on any atom is 0.227 e. The fraction of sp³-hybridized carbons (Fsp3) is 0.556. The Morgan fingerprint density at radius 2 is 1.83 bits per heavy atom. The van der Waals surface area contributed by atoms with Crippen LogP contribution in [0.1, 0.15) is 39.2 Å². The van der Waals surface area contributed by atoms with Gasteiger partial charge >= 0.3 is 0 Å². The molecule has 1 heterocycles. The van der Waals surface area contributed by atoms with Crippen LogP contribution in [0, 0.1) is 18.3 Å². The molecule has 0 saturated carbocycles. The Morgan fingerprint density at radius 1 is 1.22 bits per heavy atom. The summed E-state index contributed by atoms with van der Waals surface area (Å²) in [6, 6.07) is 5.79. The number of hydrogen-bond donors (Lipinski definition) is 1. The van der Waals surface area contributed by atoms with Gasteiger partial charge < -0.3 is 10.2 Å². The number of carbonyl (C=O) groups is 2. The van der Waals surface area contributed by atoms with E-state index in [1.54, 1.807) is 0 Å². The number of rotatable bonds is 2. The molecule has 0 spiro atoms. The first-order valence-electron chi connectivity index (χ1n) is 8.05. The summed E-state index contributed by atoms with van der Waals surface area (Å²) in [7, 11) is 0. The van der Waals surface area contributed by atoms with E-state index in [1.807, 2.05) is 50.8 Å². The van der Waals surface area contributed by atoms with Gasteiger partial charge in [0.15, 0.2) is 0 Å². The highest BCUT2D eigenvalue weighted by atomic mass is 79.9. The van der Waals surface area contributed by atoms with Crippen LogP contribution in [0.2, 0.25) is 0 Å². The van der Waals surface area contributed by atoms with Crippen molar-refractivity contribution in [3.8, 4) is 0 Å². The quantitative estimate of drug-likeness (QED) is 0.843. The minimum Gasteiger partial charge on any atom is -0.342 e. The number of piperidine rings is 1. The van der Waals surface area contributed by atoms with E-state index in [1.165, 1.54) is 0 Å². The molecule has 5 heteroatoms. The largest absolute Gasteiger partial charge is 0.342 e. The minimum absolute atomic E-state index is 0.0250. The molecule has 1 aliphatic rings. The second-order valence-corrected chi connectivity index (χ2v) is 8.12. The molecule has 2 rings (SSSR count). The van der Waals surface area contributed by atoms with E-state index in [-0.39, 0.29) is 23.1 Å². The summed E-state index contributed by atoms with van der Waals surface area (Å²) >= 11 is 3.46. The van der Waals surface area contributed by atoms with Gasteiger partial charge in [0.2, 0.25) is 11.8 Å². The first-order valence-corrected chi connectivity index (χ1v) is 8.84. The Labute approximate surface area is 146 Å². The molecule has 1 aliphatic heterocycles. The van der Waals surface area contributed by atoms with E-state index in [2.05, 4.69) is 21.2 Å². The van der Waals surface area contributed by atoms with Crippen molar-refractivity contribution in [2.24, 2.45) is 11.3 Å². The molecule has 0 atom stereocenters. The summed E-state index contributed by atoms with van der Waals surface area (Å²) in [5.74, 6) is 0.192. The van der Waals surface area contributed by atoms with E-state index in [4.69, 9.17) is 0 Å². The number of carbonyl (C=O) groups excluding carboxylic acids is 2. The molecule has 4 nitrogen and oxygen atoms in total. The molecule has 1 fully saturated rings. The van der Waals surface area contributed by atoms with Crippen LogP contribution >= 0.6 is 15.9 Å². The topological polar surface area (TPSA) is 49.4 Å². The summed E-state index contributed by atoms with van der Waals surface area (Å²) in [5.41, 5.74) is 1.56. The summed E-state index contributed by atoms with van der Waals surface area (Å²) in [6.07, 6.45) is 1.45. The first-order chi connectivity index (χ1) is 10.7. The van der Waals surface area contributed by atoms with Gasteiger partial charge in [-0.25, -0.2) is 0 Å². The maximum absolute atomic E-state index is 12.4. The van der Waals surface area contributed by atoms with Crippen LogP contribution in [-0.2, 0) is 9.59 Å². The number of hydrogen-bond acceptors (Lipinski definition) is 2. The van der Waals surface area contributed by atoms with E-state index < -0.39 is 0 Å². The zero-order valence-electron chi connectivity index (χ0n) is 14.3. The molecule has 1 saturated heterocycles. The Kier molecular flexibility index (Phi) is 5.50. The number of halogens is 1. The molecule has 1 aromatic rings. The smallest absolute Gasteiger partial charge is 0.227 e. The highest BCUT2D eigenvalue weighted by molar-refractivity contribution is 9.10. The average molecular weight is 381 g/mol. The monoisotopic (exact) mass is 380 g/mol. The van der Waals surface area contributed by atoms with Gasteiger partial charge in [0.05, 0.1) is 0 Å². The molecule has 0 aliphatic carbocycles. The molecule has 1 N–H and O–H groups in total. The van der Waals surface area contributed by atoms with Crippen molar-refractivity contribution >= 4 is 33.4 Å². The predicted molar refractivity (Wildman–Crippen MR) is 96.3 cm³/mol. The van der Waals surface area contributed by atoms with Crippen LogP contribution in [0.15, 0.2) is 22.7 Å². The zero-order valence-corrected chi connectivity index (χ0v) is 15.9. The second kappa shape index (κ2) is 7.04. The van der Waals surface area contributed by atoms with Crippen LogP contribution in [0.5, 0.6) is 0 Å². The molecule has 0 unspecified atom stereocenters. The lowest BCUT2D eigenvalue weighted by molar-refractivity contribution is -0.142. The third kappa shape index (κ3) is 4.56. The molecular formula is C18H25BrN2O2. The summed E-state index contributed by atoms with van der Waals surface area (Å²) in [6.45, 7) is 9.12. The number of nitrogens with zero attached hydrogens (tertiary/aromatic N) is 1. The number of benzene rings is 1. The average Bonchev–Trinajstić information content (AvgIpc) is 2.49. The van der Waals surface area contributed by atoms with E-state index in [0.29, 0.717) is 13.1 Å². The first kappa shape index (κ1) is 18.0. The van der Waals surface area contributed by atoms with Crippen LogP contribution < -0.4 is 5.32 Å². The molecule has 2 amide bonds. The van der Waals surface area contributed by atoms with Gasteiger partial charge in [-0.15, -0.1) is 0 Å². The summed E-state index contributed by atoms with van der Waals surface area (Å²) in [4.78, 5) is 26.6. The van der Waals surface area contributed by atoms with Gasteiger partial charge in [-0.05, 0) is 43.5 Å². The molecule has 126 valence electrons. The highest BCUT2D eigenvalue weighted by Gasteiger charge is 2.32. The van der Waals surface area contributed by atoms with E-state index in [0.717, 1.165) is 28.6 Å². The van der Waals surface area contributed by atoms with Crippen molar-refractivity contribution in [2.75, 3.05) is 18.4 Å². The minimum atomic E-state index is -0.357. The number of likely N-dealkylation sites (tertiary alicyclic amines) is 1. The van der Waals surface area contributed by atoms with Gasteiger partial charge in [-0.2, -0.15) is 0 Å². The standard InChI is InChI=1S/C18H25BrN2O2/c1-12-11-14(5-6-15(12)19)20-16(22)13-7-9-21(10-8-13)17(23)18(2,3)4/h5-6,11,13H,7-10H2,1-4H3,(H,20,22). The Bertz CT molecular complexity index is 600. The number of aryl methyl sites for hydroxylation is 1. The molecule has 1 aromatic carbocycles. The van der Waals surface area contributed by atoms with E-state index in [9.17, 15) is 9.59 Å². The van der Waals surface area contributed by atoms with Gasteiger partial charge in [0, 0.05) is 34.6 Å². The lowest BCUT2D eigenvalue weighted by Gasteiger charge is -2.35. The fourth-order valence-electron chi connectivity index (χ4n) is 2.79. The maximum atomic E-state index is 12.4. The van der Waals surface area contributed by atoms with Crippen molar-refractivity contribution in [1.82, 2.24) is 4.90 Å². The van der Waals surface area contributed by atoms with Crippen molar-refractivity contribution < 1.29 is 9.59 Å². The van der Waals surface area contributed by atoms with Crippen molar-refractivity contribution in [3.63, 3.8) is 0 Å². The SMILES string of the molecule is Cc1cc(NC(=O)C2CCN(C(=O)C(C)(C)C)CC2)ccc1Br. The highest BCUT2D eigenvalue weighted by Crippen LogP contribution is 2.25. The summed E-state index contributed by atoms with van der Waals surface area (Å²) in [5, 5.41) is 2.99. The van der Waals surface area contributed by atoms with Gasteiger partial charge in [-0.3, -0.25) is 9.59 Å². The normalized spacial score (nSPS) is 16.3. The fourth-order valence-corrected chi connectivity index (χ4v) is 3.03. The van der Waals surface area contributed by atoms with Crippen LogP contribution in [0.3, 0.4) is 0 Å². The third-order valence-corrected chi connectivity index (χ3v) is 5.11. The van der Waals surface area contributed by atoms with Crippen molar-refractivity contribution in [2.45, 2.75) is 40.5 Å². The second-order valence-electron chi connectivity index (χ2n) is 7.27. The van der Waals surface area contributed by atoms with Gasteiger partial charge in [0.1, 0.15) is 0 Å². The zero-order chi connectivity index (χ0) is 17.2. The van der Waals surface area contributed by atoms with Crippen molar-refractivity contribution in [3.05, 3.63) is 28.2 Å². The number of nitrogens with one attached hydrogen (secondary N) is 1. The lowest BCUT2D eigenvalue weighted by atomic mass is 9.90. The number of anilines is 1. The van der Waals surface area contributed by atoms with Crippen LogP contribution in [0.25, 0.3) is 0 Å². The van der Waals surface area contributed by atoms with Gasteiger partial charge in [0.25, 0.3) is 0 Å². The molecule has 23 heavy (non-hydrogen) atoms. The molecular weight excluding hydrogens is 356 g/mol. The third-order valence-electron chi connectivity index (χ3n) is 4.22. The summed E-state index contributed by atoms with van der Waals surface area (Å²) < 4.78 is 1.03. The molecule has 0 bridgehead atoms. The van der Waals surface area contributed by atoms with Crippen molar-refractivity contribution in [1.29, 1.82) is 0 Å². The Hall–Kier alpha value is -1.36. The van der Waals surface area contributed by atoms with Crippen LogP contribution in [0.4, 0.5) is 5.69 Å². The molecule has 0 aromatic heterocycles. The van der Waals surface area contributed by atoms with E-state index >= 15 is 0 Å². The molecule has 0 radical (unpaired) electrons. The predicted octanol–water partition coefficient (Wildman–Crippen LogP) is 3.98. The lowest BCUT2D eigenvalue weighted by Crippen LogP contribution is -2.45. The van der Waals surface area contributed by atoms with Gasteiger partial charge in [-0.1, -0.05) is 36.7 Å². The Morgan fingerprint density at radius 3 is 2.35 bits per heavy atom. The number of amides is 2. The van der Waals surface area contributed by atoms with Crippen LogP contribution in [-0.4, -0.2) is 29.8 Å². The Balaban J connectivity index is 1.91.